The van der Waals surface area contributed by atoms with Gasteiger partial charge in [0.1, 0.15) is 0 Å². The van der Waals surface area contributed by atoms with Gasteiger partial charge in [-0.1, -0.05) is 20.8 Å². The molecule has 0 saturated carbocycles. The number of carboxylic acids is 1. The van der Waals surface area contributed by atoms with Crippen molar-refractivity contribution in [3.8, 4) is 0 Å². The summed E-state index contributed by atoms with van der Waals surface area (Å²) in [5.74, 6) is -1.17. The van der Waals surface area contributed by atoms with Crippen LogP contribution in [0.25, 0.3) is 0 Å². The Kier molecular flexibility index (Phi) is 5.38. The van der Waals surface area contributed by atoms with Crippen LogP contribution in [0, 0.1) is 5.41 Å². The van der Waals surface area contributed by atoms with E-state index in [1.165, 1.54) is 6.92 Å². The molecule has 0 amide bonds. The Balaban J connectivity index is 5.72. The zero-order chi connectivity index (χ0) is 13.9. The number of carbonyl (C=O) groups is 1. The SMILES string of the molecule is CCOP(=O)(OCC)C(C)(C(=O)O)C(C)(C)C. The molecule has 0 aromatic heterocycles. The molecule has 0 aliphatic rings. The van der Waals surface area contributed by atoms with Crippen molar-refractivity contribution in [2.75, 3.05) is 13.2 Å². The fourth-order valence-electron chi connectivity index (χ4n) is 1.48. The van der Waals surface area contributed by atoms with Gasteiger partial charge in [0.2, 0.25) is 0 Å². The molecule has 0 aliphatic heterocycles. The van der Waals surface area contributed by atoms with E-state index in [2.05, 4.69) is 0 Å². The molecule has 0 saturated heterocycles. The molecule has 5 nitrogen and oxygen atoms in total. The van der Waals surface area contributed by atoms with Crippen LogP contribution in [0.2, 0.25) is 0 Å². The summed E-state index contributed by atoms with van der Waals surface area (Å²) in [7, 11) is -3.72. The second-order valence-electron chi connectivity index (χ2n) is 4.96. The number of hydrogen-bond acceptors (Lipinski definition) is 4. The second kappa shape index (κ2) is 5.51. The fourth-order valence-corrected chi connectivity index (χ4v) is 3.81. The molecule has 1 N–H and O–H groups in total. The summed E-state index contributed by atoms with van der Waals surface area (Å²) in [4.78, 5) is 11.5. The zero-order valence-electron chi connectivity index (χ0n) is 11.4. The minimum absolute atomic E-state index is 0.149. The largest absolute Gasteiger partial charge is 0.480 e. The van der Waals surface area contributed by atoms with E-state index in [1.807, 2.05) is 0 Å². The van der Waals surface area contributed by atoms with Crippen molar-refractivity contribution >= 4 is 13.6 Å². The lowest BCUT2D eigenvalue weighted by atomic mass is 9.81. The molecule has 0 heterocycles. The van der Waals surface area contributed by atoms with Crippen LogP contribution < -0.4 is 0 Å². The van der Waals surface area contributed by atoms with Crippen LogP contribution in [0.1, 0.15) is 41.5 Å². The molecule has 1 atom stereocenters. The summed E-state index contributed by atoms with van der Waals surface area (Å²) in [5, 5.41) is 7.85. The van der Waals surface area contributed by atoms with Crippen molar-refractivity contribution in [2.45, 2.75) is 46.7 Å². The van der Waals surface area contributed by atoms with E-state index >= 15 is 0 Å². The summed E-state index contributed by atoms with van der Waals surface area (Å²) >= 11 is 0. The average molecular weight is 266 g/mol. The van der Waals surface area contributed by atoms with Crippen molar-refractivity contribution in [2.24, 2.45) is 5.41 Å². The highest BCUT2D eigenvalue weighted by molar-refractivity contribution is 7.56. The fraction of sp³-hybridized carbons (Fsp3) is 0.909. The predicted octanol–water partition coefficient (Wildman–Crippen LogP) is 3.14. The van der Waals surface area contributed by atoms with Crippen LogP contribution in [0.5, 0.6) is 0 Å². The minimum Gasteiger partial charge on any atom is -0.480 e. The topological polar surface area (TPSA) is 72.8 Å². The lowest BCUT2D eigenvalue weighted by Gasteiger charge is -2.41. The third-order valence-corrected chi connectivity index (χ3v) is 6.18. The molecule has 0 radical (unpaired) electrons. The van der Waals surface area contributed by atoms with Gasteiger partial charge in [-0.15, -0.1) is 0 Å². The van der Waals surface area contributed by atoms with E-state index in [1.54, 1.807) is 34.6 Å². The van der Waals surface area contributed by atoms with Crippen LogP contribution in [-0.2, 0) is 18.4 Å². The first-order valence-electron chi connectivity index (χ1n) is 5.69. The summed E-state index contributed by atoms with van der Waals surface area (Å²) < 4.78 is 23.0. The van der Waals surface area contributed by atoms with Crippen LogP contribution in [0.4, 0.5) is 0 Å². The van der Waals surface area contributed by atoms with Crippen LogP contribution >= 0.6 is 7.60 Å². The molecule has 6 heteroatoms. The first-order chi connectivity index (χ1) is 7.56. The van der Waals surface area contributed by atoms with Gasteiger partial charge >= 0.3 is 13.6 Å². The van der Waals surface area contributed by atoms with Crippen LogP contribution in [-0.4, -0.2) is 29.4 Å². The molecule has 0 bridgehead atoms. The Bertz CT molecular complexity index is 310. The summed E-state index contributed by atoms with van der Waals surface area (Å²) in [5.41, 5.74) is -0.751. The molecule has 0 aliphatic carbocycles. The number of hydrogen-bond donors (Lipinski definition) is 1. The van der Waals surface area contributed by atoms with E-state index in [9.17, 15) is 14.5 Å². The third kappa shape index (κ3) is 2.90. The van der Waals surface area contributed by atoms with E-state index in [0.29, 0.717) is 0 Å². The second-order valence-corrected chi connectivity index (χ2v) is 7.37. The molecule has 0 aromatic carbocycles. The van der Waals surface area contributed by atoms with Crippen molar-refractivity contribution in [1.29, 1.82) is 0 Å². The van der Waals surface area contributed by atoms with Gasteiger partial charge in [-0.3, -0.25) is 9.36 Å². The summed E-state index contributed by atoms with van der Waals surface area (Å²) in [6, 6.07) is 0. The highest BCUT2D eigenvalue weighted by atomic mass is 31.2. The average Bonchev–Trinajstić information content (AvgIpc) is 2.14. The number of carboxylic acid groups (broad SMARTS) is 1. The normalized spacial score (nSPS) is 16.6. The van der Waals surface area contributed by atoms with E-state index < -0.39 is 24.1 Å². The smallest absolute Gasteiger partial charge is 0.348 e. The third-order valence-electron chi connectivity index (χ3n) is 3.02. The maximum absolute atomic E-state index is 12.7. The van der Waals surface area contributed by atoms with Crippen molar-refractivity contribution in [3.05, 3.63) is 0 Å². The lowest BCUT2D eigenvalue weighted by molar-refractivity contribution is -0.143. The molecule has 0 rings (SSSR count). The van der Waals surface area contributed by atoms with Crippen LogP contribution in [0.15, 0.2) is 0 Å². The standard InChI is InChI=1S/C11H23O5P/c1-7-15-17(14,16-8-2)11(6,9(12)13)10(3,4)5/h7-8H2,1-6H3,(H,12,13). The highest BCUT2D eigenvalue weighted by Gasteiger charge is 2.60. The Morgan fingerprint density at radius 3 is 1.65 bits per heavy atom. The quantitative estimate of drug-likeness (QED) is 0.747. The predicted molar refractivity (Wildman–Crippen MR) is 66.4 cm³/mol. The number of rotatable bonds is 6. The van der Waals surface area contributed by atoms with Crippen LogP contribution in [0.3, 0.4) is 0 Å². The molecular formula is C11H23O5P. The van der Waals surface area contributed by atoms with Crippen molar-refractivity contribution in [3.63, 3.8) is 0 Å². The molecule has 0 fully saturated rings. The van der Waals surface area contributed by atoms with Gasteiger partial charge in [-0.25, -0.2) is 0 Å². The molecule has 0 aromatic rings. The molecule has 0 spiro atoms. The van der Waals surface area contributed by atoms with Gasteiger partial charge in [0.25, 0.3) is 0 Å². The monoisotopic (exact) mass is 266 g/mol. The van der Waals surface area contributed by atoms with Gasteiger partial charge in [0.05, 0.1) is 13.2 Å². The van der Waals surface area contributed by atoms with Gasteiger partial charge in [0.15, 0.2) is 5.16 Å². The maximum atomic E-state index is 12.7. The molecule has 102 valence electrons. The van der Waals surface area contributed by atoms with Gasteiger partial charge in [0, 0.05) is 0 Å². The lowest BCUT2D eigenvalue weighted by Crippen LogP contribution is -2.48. The Morgan fingerprint density at radius 1 is 1.12 bits per heavy atom. The Labute approximate surface area is 103 Å². The Hall–Kier alpha value is -0.380. The Morgan fingerprint density at radius 2 is 1.47 bits per heavy atom. The first-order valence-corrected chi connectivity index (χ1v) is 7.23. The van der Waals surface area contributed by atoms with Gasteiger partial charge in [-0.05, 0) is 26.2 Å². The first kappa shape index (κ1) is 16.6. The summed E-state index contributed by atoms with van der Waals surface area (Å²) in [6.45, 7) is 10.2. The summed E-state index contributed by atoms with van der Waals surface area (Å²) in [6.07, 6.45) is 0. The minimum atomic E-state index is -3.72. The van der Waals surface area contributed by atoms with E-state index in [4.69, 9.17) is 9.05 Å². The van der Waals surface area contributed by atoms with Gasteiger partial charge < -0.3 is 14.2 Å². The van der Waals surface area contributed by atoms with Crippen molar-refractivity contribution < 1.29 is 23.5 Å². The molecular weight excluding hydrogens is 243 g/mol. The van der Waals surface area contributed by atoms with E-state index in [0.717, 1.165) is 0 Å². The molecule has 1 unspecified atom stereocenters. The highest BCUT2D eigenvalue weighted by Crippen LogP contribution is 2.66. The maximum Gasteiger partial charge on any atom is 0.348 e. The zero-order valence-corrected chi connectivity index (χ0v) is 12.3. The van der Waals surface area contributed by atoms with Gasteiger partial charge in [-0.2, -0.15) is 0 Å². The van der Waals surface area contributed by atoms with Crippen molar-refractivity contribution in [1.82, 2.24) is 0 Å². The van der Waals surface area contributed by atoms with E-state index in [-0.39, 0.29) is 13.2 Å². The molecule has 17 heavy (non-hydrogen) atoms. The number of aliphatic carboxylic acids is 1.